The molecule has 3 aromatic heterocycles. The number of fused-ring (bicyclic) bond motifs is 1. The number of nitriles is 1. The van der Waals surface area contributed by atoms with E-state index in [1.165, 1.54) is 39.3 Å². The number of carbonyl (C=O) groups is 1. The van der Waals surface area contributed by atoms with E-state index in [0.29, 0.717) is 33.0 Å². The molecule has 36 heavy (non-hydrogen) atoms. The molecule has 12 heteroatoms. The fraction of sp³-hybridized carbons (Fsp3) is 0.292. The second-order valence-corrected chi connectivity index (χ2v) is 10.0. The Hall–Kier alpha value is -3.95. The van der Waals surface area contributed by atoms with Gasteiger partial charge in [0.2, 0.25) is 10.1 Å². The molecule has 3 heterocycles. The minimum Gasteiger partial charge on any atom is -0.487 e. The molecule has 0 saturated heterocycles. The first-order valence-electron chi connectivity index (χ1n) is 11.3. The fourth-order valence-electron chi connectivity index (χ4n) is 3.41. The minimum absolute atomic E-state index is 0.0548. The van der Waals surface area contributed by atoms with Crippen molar-refractivity contribution in [3.63, 3.8) is 0 Å². The van der Waals surface area contributed by atoms with Crippen LogP contribution in [0, 0.1) is 18.3 Å². The van der Waals surface area contributed by atoms with Gasteiger partial charge in [-0.15, -0.1) is 10.2 Å². The quantitative estimate of drug-likeness (QED) is 0.254. The van der Waals surface area contributed by atoms with Crippen LogP contribution in [-0.4, -0.2) is 30.7 Å². The van der Waals surface area contributed by atoms with Crippen molar-refractivity contribution in [2.75, 3.05) is 5.32 Å². The Morgan fingerprint density at radius 1 is 1.22 bits per heavy atom. The molecule has 1 amide bonds. The molecule has 0 saturated carbocycles. The molecule has 0 aliphatic rings. The van der Waals surface area contributed by atoms with Crippen LogP contribution in [0.15, 0.2) is 40.7 Å². The molecule has 0 radical (unpaired) electrons. The predicted molar refractivity (Wildman–Crippen MR) is 138 cm³/mol. The first-order chi connectivity index (χ1) is 17.4. The zero-order valence-electron chi connectivity index (χ0n) is 19.9. The summed E-state index contributed by atoms with van der Waals surface area (Å²) in [6, 6.07) is 10.2. The summed E-state index contributed by atoms with van der Waals surface area (Å²) in [5.41, 5.74) is 0.842. The molecule has 0 aliphatic heterocycles. The van der Waals surface area contributed by atoms with Crippen molar-refractivity contribution in [1.29, 1.82) is 5.26 Å². The summed E-state index contributed by atoms with van der Waals surface area (Å²) in [4.78, 5) is 29.7. The topological polar surface area (TPSA) is 135 Å². The van der Waals surface area contributed by atoms with Crippen LogP contribution in [0.4, 0.5) is 5.13 Å². The number of hydrogen-bond donors (Lipinski definition) is 1. The number of aryl methyl sites for hydroxylation is 1. The number of nitrogens with zero attached hydrogens (tertiary/aromatic N) is 6. The highest BCUT2D eigenvalue weighted by molar-refractivity contribution is 7.16. The van der Waals surface area contributed by atoms with Crippen LogP contribution >= 0.6 is 22.7 Å². The molecular formula is C24H23N7O3S2. The van der Waals surface area contributed by atoms with Crippen molar-refractivity contribution in [3.8, 4) is 11.8 Å². The number of amides is 1. The number of aromatic nitrogens is 5. The van der Waals surface area contributed by atoms with Gasteiger partial charge in [0.05, 0.1) is 5.69 Å². The number of nitrogens with one attached hydrogen (secondary N) is 1. The predicted octanol–water partition coefficient (Wildman–Crippen LogP) is 4.34. The van der Waals surface area contributed by atoms with Gasteiger partial charge in [-0.3, -0.25) is 14.9 Å². The Labute approximate surface area is 214 Å². The van der Waals surface area contributed by atoms with Gasteiger partial charge in [0.25, 0.3) is 11.5 Å². The van der Waals surface area contributed by atoms with Gasteiger partial charge in [0, 0.05) is 12.0 Å². The summed E-state index contributed by atoms with van der Waals surface area (Å²) in [5, 5.41) is 26.5. The van der Waals surface area contributed by atoms with Crippen molar-refractivity contribution in [3.05, 3.63) is 67.5 Å². The second kappa shape index (κ2) is 11.2. The lowest BCUT2D eigenvalue weighted by molar-refractivity contribution is -0.112. The monoisotopic (exact) mass is 521 g/mol. The van der Waals surface area contributed by atoms with Crippen LogP contribution in [-0.2, 0) is 11.4 Å². The normalized spacial score (nSPS) is 11.6. The lowest BCUT2D eigenvalue weighted by atomic mass is 10.1. The Morgan fingerprint density at radius 2 is 1.97 bits per heavy atom. The molecule has 10 nitrogen and oxygen atoms in total. The van der Waals surface area contributed by atoms with Gasteiger partial charge in [0.1, 0.15) is 34.0 Å². The van der Waals surface area contributed by atoms with E-state index in [4.69, 9.17) is 4.74 Å². The van der Waals surface area contributed by atoms with Crippen LogP contribution in [0.5, 0.6) is 5.75 Å². The summed E-state index contributed by atoms with van der Waals surface area (Å²) in [5.74, 6) is 0.313. The third-order valence-electron chi connectivity index (χ3n) is 5.34. The molecule has 4 aromatic rings. The number of benzene rings is 1. The highest BCUT2D eigenvalue weighted by atomic mass is 32.1. The molecule has 184 valence electrons. The average molecular weight is 522 g/mol. The molecule has 0 bridgehead atoms. The van der Waals surface area contributed by atoms with Gasteiger partial charge in [-0.25, -0.2) is 4.98 Å². The first kappa shape index (κ1) is 25.2. The lowest BCUT2D eigenvalue weighted by Gasteiger charge is -2.06. The van der Waals surface area contributed by atoms with E-state index in [2.05, 4.69) is 39.4 Å². The zero-order chi connectivity index (χ0) is 25.7. The number of rotatable bonds is 9. The molecule has 0 unspecified atom stereocenters. The van der Waals surface area contributed by atoms with E-state index in [1.54, 1.807) is 24.3 Å². The molecular weight excluding hydrogens is 498 g/mol. The van der Waals surface area contributed by atoms with E-state index >= 15 is 0 Å². The number of ether oxygens (including phenoxy) is 1. The van der Waals surface area contributed by atoms with Crippen molar-refractivity contribution < 1.29 is 9.53 Å². The van der Waals surface area contributed by atoms with Crippen LogP contribution < -0.4 is 15.6 Å². The molecule has 1 aromatic carbocycles. The largest absolute Gasteiger partial charge is 0.487 e. The van der Waals surface area contributed by atoms with E-state index in [0.717, 1.165) is 22.9 Å². The maximum absolute atomic E-state index is 12.6. The second-order valence-electron chi connectivity index (χ2n) is 7.84. The van der Waals surface area contributed by atoms with Crippen LogP contribution in [0.1, 0.15) is 53.9 Å². The standard InChI is InChI=1S/C24H23N7O3S2/c1-4-16(5-2)22-28-29-23(36-22)27-21(33)17(12-25)10-15-6-8-19(9-7-15)34-13-18-11-20(32)31-24(26-18)35-14(3)30-31/h6-11,16H,4-5,13H2,1-3H3,(H,27,29,33). The third-order valence-corrected chi connectivity index (χ3v) is 7.16. The van der Waals surface area contributed by atoms with Crippen LogP contribution in [0.2, 0.25) is 0 Å². The maximum atomic E-state index is 12.6. The van der Waals surface area contributed by atoms with E-state index in [-0.39, 0.29) is 17.7 Å². The van der Waals surface area contributed by atoms with E-state index in [1.807, 2.05) is 13.0 Å². The summed E-state index contributed by atoms with van der Waals surface area (Å²) >= 11 is 2.66. The third kappa shape index (κ3) is 5.81. The summed E-state index contributed by atoms with van der Waals surface area (Å²) in [7, 11) is 0. The van der Waals surface area contributed by atoms with Gasteiger partial charge < -0.3 is 4.74 Å². The van der Waals surface area contributed by atoms with Crippen LogP contribution in [0.3, 0.4) is 0 Å². The smallest absolute Gasteiger partial charge is 0.275 e. The highest BCUT2D eigenvalue weighted by Gasteiger charge is 2.16. The molecule has 0 fully saturated rings. The summed E-state index contributed by atoms with van der Waals surface area (Å²) in [6.07, 6.45) is 3.38. The molecule has 1 N–H and O–H groups in total. The number of hydrogen-bond acceptors (Lipinski definition) is 10. The lowest BCUT2D eigenvalue weighted by Crippen LogP contribution is -2.16. The Bertz CT molecular complexity index is 1510. The average Bonchev–Trinajstić information content (AvgIpc) is 3.49. The van der Waals surface area contributed by atoms with Gasteiger partial charge in [0.15, 0.2) is 0 Å². The summed E-state index contributed by atoms with van der Waals surface area (Å²) < 4.78 is 7.02. The van der Waals surface area contributed by atoms with Crippen molar-refractivity contribution in [2.45, 2.75) is 46.1 Å². The van der Waals surface area contributed by atoms with Gasteiger partial charge in [-0.05, 0) is 43.5 Å². The Balaban J connectivity index is 1.40. The first-order valence-corrected chi connectivity index (χ1v) is 12.9. The number of carbonyl (C=O) groups excluding carboxylic acids is 1. The van der Waals surface area contributed by atoms with E-state index < -0.39 is 5.91 Å². The van der Waals surface area contributed by atoms with Crippen molar-refractivity contribution in [2.24, 2.45) is 0 Å². The Kier molecular flexibility index (Phi) is 7.82. The number of anilines is 1. The van der Waals surface area contributed by atoms with Gasteiger partial charge in [-0.2, -0.15) is 14.9 Å². The van der Waals surface area contributed by atoms with Crippen molar-refractivity contribution in [1.82, 2.24) is 24.8 Å². The molecule has 0 aliphatic carbocycles. The highest BCUT2D eigenvalue weighted by Crippen LogP contribution is 2.28. The Morgan fingerprint density at radius 3 is 2.67 bits per heavy atom. The molecule has 0 atom stereocenters. The fourth-order valence-corrected chi connectivity index (χ4v) is 5.18. The van der Waals surface area contributed by atoms with Gasteiger partial charge in [-0.1, -0.05) is 48.7 Å². The minimum atomic E-state index is -0.545. The molecule has 0 spiro atoms. The van der Waals surface area contributed by atoms with Crippen molar-refractivity contribution >= 4 is 44.7 Å². The maximum Gasteiger partial charge on any atom is 0.275 e. The zero-order valence-corrected chi connectivity index (χ0v) is 21.5. The SMILES string of the molecule is CCC(CC)c1nnc(NC(=O)C(C#N)=Cc2ccc(OCc3cc(=O)n4nc(C)sc4n3)cc2)s1. The molecule has 4 rings (SSSR count). The van der Waals surface area contributed by atoms with E-state index in [9.17, 15) is 14.9 Å². The summed E-state index contributed by atoms with van der Waals surface area (Å²) in [6.45, 7) is 6.10. The van der Waals surface area contributed by atoms with Gasteiger partial charge >= 0.3 is 0 Å². The van der Waals surface area contributed by atoms with Crippen LogP contribution in [0.25, 0.3) is 11.0 Å².